The maximum absolute atomic E-state index is 11.1. The molecule has 0 bridgehead atoms. The molecule has 0 aliphatic heterocycles. The van der Waals surface area contributed by atoms with E-state index in [4.69, 9.17) is 0 Å². The molecule has 0 heterocycles. The third-order valence-electron chi connectivity index (χ3n) is 4.10. The van der Waals surface area contributed by atoms with Gasteiger partial charge in [-0.05, 0) is 37.8 Å². The topological polar surface area (TPSA) is 103 Å². The molecule has 0 spiro atoms. The fourth-order valence-corrected chi connectivity index (χ4v) is 2.49. The second-order valence-corrected chi connectivity index (χ2v) is 6.38. The molecule has 151 valence electrons. The molecule has 0 aromatic heterocycles. The molecule has 0 N–H and O–H groups in total. The summed E-state index contributed by atoms with van der Waals surface area (Å²) in [5.74, 6) is 0. The predicted molar refractivity (Wildman–Crippen MR) is 106 cm³/mol. The van der Waals surface area contributed by atoms with Crippen molar-refractivity contribution in [3.8, 4) is 0 Å². The van der Waals surface area contributed by atoms with Crippen molar-refractivity contribution in [1.82, 2.24) is 0 Å². The normalized spacial score (nSPS) is 12.5. The molecule has 0 amide bonds. The minimum Gasteiger partial charge on any atom is -0.291 e. The summed E-state index contributed by atoms with van der Waals surface area (Å²) in [6, 6.07) is 0. The van der Waals surface area contributed by atoms with Crippen molar-refractivity contribution in [2.75, 3.05) is 0 Å². The third-order valence-corrected chi connectivity index (χ3v) is 4.10. The highest BCUT2D eigenvalue weighted by Crippen LogP contribution is 2.14. The Balaban J connectivity index is 4.51. The molecule has 0 saturated carbocycles. The summed E-state index contributed by atoms with van der Waals surface area (Å²) in [4.78, 5) is 31.4. The van der Waals surface area contributed by atoms with Gasteiger partial charge in [-0.2, -0.15) is 0 Å². The summed E-state index contributed by atoms with van der Waals surface area (Å²) in [6.07, 6.45) is 17.1. The van der Waals surface area contributed by atoms with Gasteiger partial charge in [0.15, 0.2) is 6.29 Å². The summed E-state index contributed by atoms with van der Waals surface area (Å²) < 4.78 is 0. The zero-order valence-corrected chi connectivity index (χ0v) is 16.2. The van der Waals surface area contributed by atoms with Crippen molar-refractivity contribution in [3.63, 3.8) is 0 Å². The van der Waals surface area contributed by atoms with Crippen molar-refractivity contribution in [1.29, 1.82) is 0 Å². The third kappa shape index (κ3) is 14.5. The Bertz CT molecular complexity index is 538. The van der Waals surface area contributed by atoms with Crippen LogP contribution in [0.2, 0.25) is 0 Å². The van der Waals surface area contributed by atoms with Gasteiger partial charge in [0.05, 0.1) is 22.7 Å². The largest absolute Gasteiger partial charge is 0.291 e. The number of hydrogen-bond acceptors (Lipinski definition) is 5. The van der Waals surface area contributed by atoms with Crippen LogP contribution in [0.5, 0.6) is 0 Å². The molecule has 0 aromatic carbocycles. The molecule has 1 radical (unpaired) electrons. The first-order valence-electron chi connectivity index (χ1n) is 9.69. The Morgan fingerprint density at radius 3 is 2.07 bits per heavy atom. The molecular weight excluding hydrogens is 348 g/mol. The molecule has 0 rings (SSSR count). The molecule has 7 heteroatoms. The fourth-order valence-electron chi connectivity index (χ4n) is 2.49. The zero-order valence-electron chi connectivity index (χ0n) is 16.2. The van der Waals surface area contributed by atoms with Gasteiger partial charge in [-0.3, -0.25) is 25.0 Å². The van der Waals surface area contributed by atoms with Crippen LogP contribution in [0.25, 0.3) is 0 Å². The van der Waals surface area contributed by atoms with Gasteiger partial charge in [-0.1, -0.05) is 51.2 Å². The minimum atomic E-state index is -0.505. The minimum absolute atomic E-state index is 0.00779. The second kappa shape index (κ2) is 17.1. The van der Waals surface area contributed by atoms with E-state index < -0.39 is 9.85 Å². The first-order chi connectivity index (χ1) is 13.0. The van der Waals surface area contributed by atoms with Crippen LogP contribution in [0.15, 0.2) is 35.7 Å². The maximum Gasteiger partial charge on any atom is 0.246 e. The SMILES string of the molecule is CCCCCCCC/C=C(/C/C=C(/C/C=C/CCC[C]=O)[N+](=O)[O-])[N+](=O)[O-]. The predicted octanol–water partition coefficient (Wildman–Crippen LogP) is 5.67. The lowest BCUT2D eigenvalue weighted by molar-refractivity contribution is -0.431. The van der Waals surface area contributed by atoms with Crippen LogP contribution in [0.3, 0.4) is 0 Å². The van der Waals surface area contributed by atoms with Gasteiger partial charge in [0, 0.05) is 6.42 Å². The second-order valence-electron chi connectivity index (χ2n) is 6.38. The number of rotatable bonds is 17. The first-order valence-corrected chi connectivity index (χ1v) is 9.69. The highest BCUT2D eigenvalue weighted by atomic mass is 16.6. The number of unbranched alkanes of at least 4 members (excludes halogenated alkanes) is 8. The van der Waals surface area contributed by atoms with Crippen molar-refractivity contribution in [2.24, 2.45) is 0 Å². The lowest BCUT2D eigenvalue weighted by Crippen LogP contribution is -2.01. The lowest BCUT2D eigenvalue weighted by atomic mass is 10.1. The molecule has 7 nitrogen and oxygen atoms in total. The van der Waals surface area contributed by atoms with E-state index in [-0.39, 0.29) is 24.2 Å². The van der Waals surface area contributed by atoms with Gasteiger partial charge in [0.25, 0.3) is 0 Å². The van der Waals surface area contributed by atoms with Crippen LogP contribution in [-0.4, -0.2) is 16.1 Å². The van der Waals surface area contributed by atoms with E-state index in [1.54, 1.807) is 24.5 Å². The van der Waals surface area contributed by atoms with Gasteiger partial charge in [-0.15, -0.1) is 0 Å². The summed E-state index contributed by atoms with van der Waals surface area (Å²) >= 11 is 0. The Hall–Kier alpha value is -2.31. The Labute approximate surface area is 161 Å². The van der Waals surface area contributed by atoms with Crippen LogP contribution < -0.4 is 0 Å². The molecule has 0 aromatic rings. The standard InChI is InChI=1S/C20H31N2O5/c1-2-3-4-5-6-8-11-14-19(21(24)25)16-17-20(22(26)27)15-12-9-7-10-13-18-23/h9,12,14,17H,2-8,10-11,13,15-16H2,1H3/b12-9+,19-14-,20-17-. The number of nitrogens with zero attached hydrogens (tertiary/aromatic N) is 2. The van der Waals surface area contributed by atoms with Crippen LogP contribution >= 0.6 is 0 Å². The molecule has 0 saturated heterocycles. The van der Waals surface area contributed by atoms with Crippen molar-refractivity contribution in [2.45, 2.75) is 84.0 Å². The summed E-state index contributed by atoms with van der Waals surface area (Å²) in [5, 5.41) is 22.2. The summed E-state index contributed by atoms with van der Waals surface area (Å²) in [5.41, 5.74) is -0.0473. The monoisotopic (exact) mass is 379 g/mol. The summed E-state index contributed by atoms with van der Waals surface area (Å²) in [6.45, 7) is 2.15. The fraction of sp³-hybridized carbons (Fsp3) is 0.650. The van der Waals surface area contributed by atoms with Crippen LogP contribution in [0, 0.1) is 20.2 Å². The van der Waals surface area contributed by atoms with Gasteiger partial charge < -0.3 is 0 Å². The molecule has 27 heavy (non-hydrogen) atoms. The average Bonchev–Trinajstić information content (AvgIpc) is 2.63. The molecule has 0 aliphatic carbocycles. The van der Waals surface area contributed by atoms with Crippen LogP contribution in [0.4, 0.5) is 0 Å². The number of hydrogen-bond donors (Lipinski definition) is 0. The van der Waals surface area contributed by atoms with Crippen LogP contribution in [0.1, 0.15) is 84.0 Å². The van der Waals surface area contributed by atoms with E-state index in [1.165, 1.54) is 25.3 Å². The Morgan fingerprint density at radius 1 is 0.815 bits per heavy atom. The molecule has 0 aliphatic rings. The number of allylic oxidation sites excluding steroid dienone is 4. The van der Waals surface area contributed by atoms with Crippen molar-refractivity contribution >= 4 is 6.29 Å². The molecule has 0 unspecified atom stereocenters. The van der Waals surface area contributed by atoms with Gasteiger partial charge >= 0.3 is 0 Å². The van der Waals surface area contributed by atoms with Gasteiger partial charge in [0.2, 0.25) is 11.4 Å². The van der Waals surface area contributed by atoms with E-state index in [9.17, 15) is 25.0 Å². The van der Waals surface area contributed by atoms with Gasteiger partial charge in [0.1, 0.15) is 0 Å². The lowest BCUT2D eigenvalue weighted by Gasteiger charge is -1.99. The highest BCUT2D eigenvalue weighted by Gasteiger charge is 2.13. The molecule has 0 atom stereocenters. The zero-order chi connectivity index (χ0) is 20.3. The van der Waals surface area contributed by atoms with E-state index in [2.05, 4.69) is 6.92 Å². The van der Waals surface area contributed by atoms with Crippen molar-refractivity contribution in [3.05, 3.63) is 55.9 Å². The van der Waals surface area contributed by atoms with Gasteiger partial charge in [-0.25, -0.2) is 0 Å². The van der Waals surface area contributed by atoms with Crippen LogP contribution in [-0.2, 0) is 4.79 Å². The quantitative estimate of drug-likeness (QED) is 0.140. The van der Waals surface area contributed by atoms with E-state index in [0.29, 0.717) is 25.7 Å². The number of nitro groups is 2. The van der Waals surface area contributed by atoms with E-state index >= 15 is 0 Å². The van der Waals surface area contributed by atoms with E-state index in [1.807, 2.05) is 0 Å². The smallest absolute Gasteiger partial charge is 0.246 e. The summed E-state index contributed by atoms with van der Waals surface area (Å²) in [7, 11) is 0. The maximum atomic E-state index is 11.1. The number of carbonyl (C=O) groups excluding carboxylic acids is 1. The molecule has 0 fully saturated rings. The van der Waals surface area contributed by atoms with E-state index in [0.717, 1.165) is 19.3 Å². The Kier molecular flexibility index (Phi) is 15.7. The average molecular weight is 379 g/mol. The highest BCUT2D eigenvalue weighted by molar-refractivity contribution is 5.50. The Morgan fingerprint density at radius 2 is 1.44 bits per heavy atom. The molecular formula is C20H31N2O5. The van der Waals surface area contributed by atoms with Crippen molar-refractivity contribution < 1.29 is 14.6 Å². The first kappa shape index (κ1) is 24.7.